The first-order valence-corrected chi connectivity index (χ1v) is 8.86. The number of likely N-dealkylation sites (N-methyl/N-ethyl adjacent to an activating group) is 1. The number of anilines is 1. The van der Waals surface area contributed by atoms with Gasteiger partial charge in [-0.1, -0.05) is 23.2 Å². The van der Waals surface area contributed by atoms with Gasteiger partial charge in [-0.3, -0.25) is 14.4 Å². The molecule has 0 aliphatic heterocycles. The number of carbonyl (C=O) groups is 3. The van der Waals surface area contributed by atoms with Crippen LogP contribution in [0.2, 0.25) is 10.0 Å². The van der Waals surface area contributed by atoms with Crippen molar-refractivity contribution in [2.75, 3.05) is 25.5 Å². The zero-order valence-corrected chi connectivity index (χ0v) is 15.5. The third-order valence-electron chi connectivity index (χ3n) is 3.19. The molecule has 2 rings (SSSR count). The van der Waals surface area contributed by atoms with E-state index in [-0.39, 0.29) is 24.9 Å². The van der Waals surface area contributed by atoms with Crippen LogP contribution in [0.1, 0.15) is 10.4 Å². The molecule has 0 saturated carbocycles. The van der Waals surface area contributed by atoms with Gasteiger partial charge in [0.2, 0.25) is 11.8 Å². The molecule has 6 nitrogen and oxygen atoms in total. The molecule has 0 radical (unpaired) electrons. The number of amides is 3. The summed E-state index contributed by atoms with van der Waals surface area (Å²) < 4.78 is 0. The van der Waals surface area contributed by atoms with Crippen LogP contribution >= 0.6 is 34.5 Å². The van der Waals surface area contributed by atoms with Gasteiger partial charge in [-0.15, -0.1) is 0 Å². The molecule has 0 saturated heterocycles. The van der Waals surface area contributed by atoms with Crippen LogP contribution in [0.4, 0.5) is 5.69 Å². The Hall–Kier alpha value is -2.09. The zero-order chi connectivity index (χ0) is 18.4. The standard InChI is InChI=1S/C16H15Cl2N3O3S/c1-21(15(23)7-19-16(24)10-4-5-25-9-10)8-14(22)20-11-2-3-12(17)13(18)6-11/h2-6,9H,7-8H2,1H3,(H,19,24)(H,20,22). The Morgan fingerprint density at radius 2 is 1.92 bits per heavy atom. The molecule has 1 aromatic heterocycles. The number of thiophene rings is 1. The van der Waals surface area contributed by atoms with Gasteiger partial charge >= 0.3 is 0 Å². The molecule has 132 valence electrons. The fraction of sp³-hybridized carbons (Fsp3) is 0.188. The van der Waals surface area contributed by atoms with Crippen LogP contribution in [0.25, 0.3) is 0 Å². The second-order valence-corrected chi connectivity index (χ2v) is 6.72. The van der Waals surface area contributed by atoms with E-state index in [9.17, 15) is 14.4 Å². The van der Waals surface area contributed by atoms with E-state index in [1.54, 1.807) is 29.0 Å². The lowest BCUT2D eigenvalue weighted by molar-refractivity contribution is -0.132. The minimum absolute atomic E-state index is 0.159. The van der Waals surface area contributed by atoms with E-state index in [4.69, 9.17) is 23.2 Å². The van der Waals surface area contributed by atoms with Gasteiger partial charge in [-0.05, 0) is 29.6 Å². The summed E-state index contributed by atoms with van der Waals surface area (Å²) in [5.74, 6) is -1.10. The molecule has 9 heteroatoms. The van der Waals surface area contributed by atoms with E-state index in [1.807, 2.05) is 0 Å². The quantitative estimate of drug-likeness (QED) is 0.783. The Bertz CT molecular complexity index is 781. The maximum atomic E-state index is 12.0. The highest BCUT2D eigenvalue weighted by Gasteiger charge is 2.15. The Balaban J connectivity index is 1.80. The number of halogens is 2. The highest BCUT2D eigenvalue weighted by molar-refractivity contribution is 7.08. The van der Waals surface area contributed by atoms with Crippen molar-refractivity contribution in [3.05, 3.63) is 50.6 Å². The van der Waals surface area contributed by atoms with E-state index in [0.717, 1.165) is 0 Å². The highest BCUT2D eigenvalue weighted by atomic mass is 35.5. The fourth-order valence-corrected chi connectivity index (χ4v) is 2.80. The first-order chi connectivity index (χ1) is 11.9. The van der Waals surface area contributed by atoms with Gasteiger partial charge in [-0.25, -0.2) is 0 Å². The summed E-state index contributed by atoms with van der Waals surface area (Å²) in [4.78, 5) is 37.0. The van der Waals surface area contributed by atoms with Crippen LogP contribution < -0.4 is 10.6 Å². The number of hydrogen-bond acceptors (Lipinski definition) is 4. The van der Waals surface area contributed by atoms with Crippen LogP contribution in [-0.4, -0.2) is 42.8 Å². The third-order valence-corrected chi connectivity index (χ3v) is 4.62. The van der Waals surface area contributed by atoms with Crippen molar-refractivity contribution in [3.8, 4) is 0 Å². The summed E-state index contributed by atoms with van der Waals surface area (Å²) in [7, 11) is 1.48. The summed E-state index contributed by atoms with van der Waals surface area (Å²) in [6, 6.07) is 6.35. The van der Waals surface area contributed by atoms with E-state index in [1.165, 1.54) is 29.4 Å². The van der Waals surface area contributed by atoms with Crippen LogP contribution in [0.5, 0.6) is 0 Å². The second kappa shape index (κ2) is 8.84. The summed E-state index contributed by atoms with van der Waals surface area (Å²) in [5.41, 5.74) is 0.976. The molecule has 0 aliphatic rings. The largest absolute Gasteiger partial charge is 0.343 e. The number of benzene rings is 1. The molecule has 2 N–H and O–H groups in total. The van der Waals surface area contributed by atoms with Gasteiger partial charge in [0.15, 0.2) is 0 Å². The summed E-state index contributed by atoms with van der Waals surface area (Å²) >= 11 is 13.1. The van der Waals surface area contributed by atoms with Gasteiger partial charge in [0, 0.05) is 23.7 Å². The molecular formula is C16H15Cl2N3O3S. The van der Waals surface area contributed by atoms with Crippen LogP contribution in [0.3, 0.4) is 0 Å². The maximum absolute atomic E-state index is 12.0. The second-order valence-electron chi connectivity index (χ2n) is 5.12. The molecule has 3 amide bonds. The van der Waals surface area contributed by atoms with E-state index in [2.05, 4.69) is 10.6 Å². The number of nitrogens with zero attached hydrogens (tertiary/aromatic N) is 1. The zero-order valence-electron chi connectivity index (χ0n) is 13.2. The van der Waals surface area contributed by atoms with E-state index < -0.39 is 5.91 Å². The Kier molecular flexibility index (Phi) is 6.81. The Labute approximate surface area is 158 Å². The van der Waals surface area contributed by atoms with Crippen molar-refractivity contribution in [2.24, 2.45) is 0 Å². The van der Waals surface area contributed by atoms with Gasteiger partial charge in [0.05, 0.1) is 23.1 Å². The highest BCUT2D eigenvalue weighted by Crippen LogP contribution is 2.24. The van der Waals surface area contributed by atoms with Crippen LogP contribution in [0, 0.1) is 0 Å². The van der Waals surface area contributed by atoms with E-state index >= 15 is 0 Å². The minimum Gasteiger partial charge on any atom is -0.343 e. The molecule has 25 heavy (non-hydrogen) atoms. The van der Waals surface area contributed by atoms with Crippen molar-refractivity contribution in [1.82, 2.24) is 10.2 Å². The molecule has 0 fully saturated rings. The predicted octanol–water partition coefficient (Wildman–Crippen LogP) is 2.88. The Morgan fingerprint density at radius 1 is 1.16 bits per heavy atom. The maximum Gasteiger partial charge on any atom is 0.252 e. The van der Waals surface area contributed by atoms with Gasteiger partial charge in [0.25, 0.3) is 5.91 Å². The minimum atomic E-state index is -0.390. The molecule has 0 bridgehead atoms. The molecule has 2 aromatic rings. The number of nitrogens with one attached hydrogen (secondary N) is 2. The number of carbonyl (C=O) groups excluding carboxylic acids is 3. The van der Waals surface area contributed by atoms with Crippen molar-refractivity contribution in [1.29, 1.82) is 0 Å². The molecular weight excluding hydrogens is 385 g/mol. The monoisotopic (exact) mass is 399 g/mol. The lowest BCUT2D eigenvalue weighted by atomic mass is 10.3. The van der Waals surface area contributed by atoms with Gasteiger partial charge < -0.3 is 15.5 Å². The Morgan fingerprint density at radius 3 is 2.56 bits per heavy atom. The molecule has 0 atom stereocenters. The van der Waals surface area contributed by atoms with Crippen molar-refractivity contribution >= 4 is 57.9 Å². The first kappa shape index (κ1) is 19.2. The van der Waals surface area contributed by atoms with Crippen LogP contribution in [-0.2, 0) is 9.59 Å². The third kappa shape index (κ3) is 5.74. The SMILES string of the molecule is CN(CC(=O)Nc1ccc(Cl)c(Cl)c1)C(=O)CNC(=O)c1ccsc1. The summed E-state index contributed by atoms with van der Waals surface area (Å²) in [6.07, 6.45) is 0. The number of hydrogen-bond donors (Lipinski definition) is 2. The van der Waals surface area contributed by atoms with Crippen molar-refractivity contribution in [3.63, 3.8) is 0 Å². The average molecular weight is 400 g/mol. The van der Waals surface area contributed by atoms with Crippen molar-refractivity contribution in [2.45, 2.75) is 0 Å². The molecule has 0 unspecified atom stereocenters. The predicted molar refractivity (Wildman–Crippen MR) is 99.4 cm³/mol. The summed E-state index contributed by atoms with van der Waals surface area (Å²) in [6.45, 7) is -0.349. The molecule has 1 aromatic carbocycles. The van der Waals surface area contributed by atoms with Gasteiger partial charge in [0.1, 0.15) is 0 Å². The van der Waals surface area contributed by atoms with Crippen LogP contribution in [0.15, 0.2) is 35.0 Å². The van der Waals surface area contributed by atoms with Gasteiger partial charge in [-0.2, -0.15) is 11.3 Å². The molecule has 1 heterocycles. The first-order valence-electron chi connectivity index (χ1n) is 7.16. The smallest absolute Gasteiger partial charge is 0.252 e. The topological polar surface area (TPSA) is 78.5 Å². The average Bonchev–Trinajstić information content (AvgIpc) is 3.10. The number of rotatable bonds is 6. The molecule has 0 aliphatic carbocycles. The summed E-state index contributed by atoms with van der Waals surface area (Å²) in [5, 5.41) is 9.30. The molecule has 0 spiro atoms. The fourth-order valence-electron chi connectivity index (χ4n) is 1.86. The van der Waals surface area contributed by atoms with E-state index in [0.29, 0.717) is 21.3 Å². The van der Waals surface area contributed by atoms with Crippen molar-refractivity contribution < 1.29 is 14.4 Å². The lowest BCUT2D eigenvalue weighted by Gasteiger charge is -2.17. The lowest BCUT2D eigenvalue weighted by Crippen LogP contribution is -2.41. The normalized spacial score (nSPS) is 10.2.